The summed E-state index contributed by atoms with van der Waals surface area (Å²) < 4.78 is 38.9. The van der Waals surface area contributed by atoms with Crippen molar-refractivity contribution in [2.75, 3.05) is 0 Å². The molecule has 69 heavy (non-hydrogen) atoms. The van der Waals surface area contributed by atoms with Crippen LogP contribution in [0.15, 0.2) is 154 Å². The van der Waals surface area contributed by atoms with Gasteiger partial charge in [0.2, 0.25) is 0 Å². The molecule has 11 nitrogen and oxygen atoms in total. The Morgan fingerprint density at radius 3 is 1.13 bits per heavy atom. The number of ether oxygens (including phenoxy) is 7. The van der Waals surface area contributed by atoms with Crippen LogP contribution in [-0.4, -0.2) is 41.2 Å². The fraction of sp³-hybridized carbons (Fsp3) is 0.298. The summed E-state index contributed by atoms with van der Waals surface area (Å²) in [7, 11) is -0.802. The van der Waals surface area contributed by atoms with Gasteiger partial charge in [-0.15, -0.1) is 0 Å². The van der Waals surface area contributed by atoms with Crippen LogP contribution in [0.5, 0.6) is 23.0 Å². The van der Waals surface area contributed by atoms with E-state index in [1.165, 1.54) is 0 Å². The van der Waals surface area contributed by atoms with Gasteiger partial charge in [-0.1, -0.05) is 48.5 Å². The monoisotopic (exact) mass is 951 g/mol. The Morgan fingerprint density at radius 2 is 0.739 bits per heavy atom. The summed E-state index contributed by atoms with van der Waals surface area (Å²) in [4.78, 5) is 53.9. The molecule has 6 aromatic rings. The number of carbonyl (C=O) groups is 4. The highest BCUT2D eigenvalue weighted by Gasteiger charge is 2.47. The average molecular weight is 952 g/mol. The molecule has 1 atom stereocenters. The maximum Gasteiger partial charge on any atom is 0.514 e. The van der Waals surface area contributed by atoms with Gasteiger partial charge in [-0.25, -0.2) is 14.4 Å². The van der Waals surface area contributed by atoms with Crippen molar-refractivity contribution in [2.24, 2.45) is 5.41 Å². The molecule has 0 N–H and O–H groups in total. The molecule has 0 fully saturated rings. The summed E-state index contributed by atoms with van der Waals surface area (Å²) in [5.74, 6) is 1.00. The lowest BCUT2D eigenvalue weighted by Gasteiger charge is -2.34. The van der Waals surface area contributed by atoms with Crippen molar-refractivity contribution >= 4 is 35.3 Å². The standard InChI is InChI=1S/C57H59O11S/c1-53(2,3)49(58)62-38-21-17-36(18-22-38)57(37-19-23-39(24-20-37)63-50(59)66-54(4,5)6)47-16-14-13-15-45(47)46-34-33-44(35-48(46)57)69(42-29-25-40(26-30-42)64-51(60)67-55(7,8)9)43-31-27-41(28-32-43)65-52(61)68-56(10,11)12/h13-35H,1-12H3/q+1. The molecule has 1 aliphatic rings. The van der Waals surface area contributed by atoms with Gasteiger partial charge in [-0.05, 0) is 207 Å². The summed E-state index contributed by atoms with van der Waals surface area (Å²) in [6, 6.07) is 44.5. The van der Waals surface area contributed by atoms with Gasteiger partial charge in [-0.3, -0.25) is 4.79 Å². The first-order valence-electron chi connectivity index (χ1n) is 22.6. The number of fused-ring (bicyclic) bond motifs is 3. The number of benzene rings is 6. The normalized spacial score (nSPS) is 14.5. The first kappa shape index (κ1) is 49.8. The number of hydrogen-bond donors (Lipinski definition) is 0. The van der Waals surface area contributed by atoms with Gasteiger partial charge in [0, 0.05) is 0 Å². The zero-order chi connectivity index (χ0) is 50.1. The van der Waals surface area contributed by atoms with Crippen molar-refractivity contribution in [3.05, 3.63) is 162 Å². The molecule has 1 unspecified atom stereocenters. The molecule has 0 aliphatic heterocycles. The molecule has 0 saturated carbocycles. The van der Waals surface area contributed by atoms with Gasteiger partial charge in [-0.2, -0.15) is 0 Å². The van der Waals surface area contributed by atoms with E-state index in [1.807, 2.05) is 93.6 Å². The van der Waals surface area contributed by atoms with Crippen molar-refractivity contribution in [3.63, 3.8) is 0 Å². The molecule has 0 bridgehead atoms. The zero-order valence-electron chi connectivity index (χ0n) is 41.2. The summed E-state index contributed by atoms with van der Waals surface area (Å²) in [5, 5.41) is 0. The highest BCUT2D eigenvalue weighted by Crippen LogP contribution is 2.57. The van der Waals surface area contributed by atoms with Crippen LogP contribution >= 0.6 is 0 Å². The maximum absolute atomic E-state index is 13.0. The van der Waals surface area contributed by atoms with Crippen molar-refractivity contribution in [1.82, 2.24) is 0 Å². The highest BCUT2D eigenvalue weighted by molar-refractivity contribution is 7.97. The Hall–Kier alpha value is -7.05. The molecule has 0 heterocycles. The second-order valence-electron chi connectivity index (χ2n) is 20.6. The minimum atomic E-state index is -0.940. The highest BCUT2D eigenvalue weighted by atomic mass is 32.2. The number of carbonyl (C=O) groups excluding carboxylic acids is 4. The molecule has 0 spiro atoms. The van der Waals surface area contributed by atoms with Crippen molar-refractivity contribution in [3.8, 4) is 34.1 Å². The van der Waals surface area contributed by atoms with E-state index in [4.69, 9.17) is 33.2 Å². The lowest BCUT2D eigenvalue weighted by atomic mass is 9.67. The Balaban J connectivity index is 1.39. The SMILES string of the molecule is CC(C)(C)OC(=O)Oc1ccc([S+](c2ccc(OC(=O)OC(C)(C)C)cc2)c2ccc3c(c2)C(c2ccc(OC(=O)OC(C)(C)C)cc2)(c2ccc(OC(=O)C(C)(C)C)cc2)c2ccccc2-3)cc1. The first-order chi connectivity index (χ1) is 32.3. The first-order valence-corrected chi connectivity index (χ1v) is 23.9. The van der Waals surface area contributed by atoms with Gasteiger partial charge >= 0.3 is 24.4 Å². The van der Waals surface area contributed by atoms with E-state index in [0.717, 1.165) is 48.1 Å². The molecule has 358 valence electrons. The van der Waals surface area contributed by atoms with Gasteiger partial charge in [0.1, 0.15) is 39.8 Å². The third-order valence-corrected chi connectivity index (χ3v) is 12.8. The van der Waals surface area contributed by atoms with E-state index in [-0.39, 0.29) is 5.97 Å². The van der Waals surface area contributed by atoms with Crippen LogP contribution in [0, 0.1) is 5.41 Å². The molecule has 0 amide bonds. The lowest BCUT2D eigenvalue weighted by Crippen LogP contribution is -2.29. The van der Waals surface area contributed by atoms with Crippen LogP contribution in [0.4, 0.5) is 14.4 Å². The summed E-state index contributed by atoms with van der Waals surface area (Å²) >= 11 is 0. The third kappa shape index (κ3) is 11.8. The topological polar surface area (TPSA) is 133 Å². The van der Waals surface area contributed by atoms with Crippen molar-refractivity contribution in [2.45, 2.75) is 120 Å². The van der Waals surface area contributed by atoms with Crippen LogP contribution in [0.2, 0.25) is 0 Å². The van der Waals surface area contributed by atoms with Crippen LogP contribution in [0.1, 0.15) is 105 Å². The Labute approximate surface area is 407 Å². The Bertz CT molecular complexity index is 2770. The molecule has 1 aliphatic carbocycles. The average Bonchev–Trinajstić information content (AvgIpc) is 3.53. The Kier molecular flexibility index (Phi) is 13.8. The summed E-state index contributed by atoms with van der Waals surface area (Å²) in [6.45, 7) is 21.4. The van der Waals surface area contributed by atoms with E-state index in [0.29, 0.717) is 23.0 Å². The van der Waals surface area contributed by atoms with Gasteiger partial charge in [0.05, 0.1) is 21.7 Å². The molecule has 0 saturated heterocycles. The summed E-state index contributed by atoms with van der Waals surface area (Å²) in [6.07, 6.45) is -2.43. The molecule has 0 aromatic heterocycles. The minimum Gasteiger partial charge on any atom is -0.428 e. The largest absolute Gasteiger partial charge is 0.514 e. The van der Waals surface area contributed by atoms with E-state index in [2.05, 4.69) is 30.3 Å². The van der Waals surface area contributed by atoms with Crippen molar-refractivity contribution < 1.29 is 52.3 Å². The molecule has 7 rings (SSSR count). The molecule has 12 heteroatoms. The molecular formula is C57H59O11S+. The third-order valence-electron chi connectivity index (χ3n) is 10.5. The van der Waals surface area contributed by atoms with E-state index < -0.39 is 57.0 Å². The number of hydrogen-bond acceptors (Lipinski definition) is 11. The smallest absolute Gasteiger partial charge is 0.428 e. The number of rotatable bonds is 9. The van der Waals surface area contributed by atoms with Crippen molar-refractivity contribution in [1.29, 1.82) is 0 Å². The second-order valence-corrected chi connectivity index (χ2v) is 22.7. The second kappa shape index (κ2) is 19.2. The van der Waals surface area contributed by atoms with Crippen LogP contribution < -0.4 is 18.9 Å². The summed E-state index contributed by atoms with van der Waals surface area (Å²) in [5.41, 5.74) is 1.96. The Morgan fingerprint density at radius 1 is 0.391 bits per heavy atom. The predicted octanol–water partition coefficient (Wildman–Crippen LogP) is 14.0. The zero-order valence-corrected chi connectivity index (χ0v) is 42.0. The van der Waals surface area contributed by atoms with Crippen LogP contribution in [0.25, 0.3) is 11.1 Å². The lowest BCUT2D eigenvalue weighted by molar-refractivity contribution is -0.143. The van der Waals surface area contributed by atoms with E-state index in [9.17, 15) is 19.2 Å². The van der Waals surface area contributed by atoms with Crippen LogP contribution in [0.3, 0.4) is 0 Å². The predicted molar refractivity (Wildman–Crippen MR) is 264 cm³/mol. The molecule has 0 radical (unpaired) electrons. The van der Waals surface area contributed by atoms with Gasteiger partial charge < -0.3 is 33.2 Å². The number of esters is 1. The van der Waals surface area contributed by atoms with E-state index >= 15 is 0 Å². The van der Waals surface area contributed by atoms with Crippen LogP contribution in [-0.2, 0) is 35.3 Å². The van der Waals surface area contributed by atoms with E-state index in [1.54, 1.807) is 98.7 Å². The fourth-order valence-corrected chi connectivity index (χ4v) is 9.85. The van der Waals surface area contributed by atoms with Gasteiger partial charge in [0.25, 0.3) is 0 Å². The molecule has 6 aromatic carbocycles. The maximum atomic E-state index is 13.0. The minimum absolute atomic E-state index is 0.313. The quantitative estimate of drug-likeness (QED) is 0.0450. The fourth-order valence-electron chi connectivity index (χ4n) is 7.78. The van der Waals surface area contributed by atoms with Gasteiger partial charge in [0.15, 0.2) is 14.7 Å². The molecular weight excluding hydrogens is 893 g/mol.